The van der Waals surface area contributed by atoms with Crippen LogP contribution in [0.4, 0.5) is 0 Å². The van der Waals surface area contributed by atoms with Crippen molar-refractivity contribution in [3.63, 3.8) is 0 Å². The van der Waals surface area contributed by atoms with Crippen LogP contribution in [0.3, 0.4) is 0 Å². The van der Waals surface area contributed by atoms with Crippen LogP contribution in [0.25, 0.3) is 11.4 Å². The van der Waals surface area contributed by atoms with E-state index in [1.54, 1.807) is 7.11 Å². The second-order valence-electron chi connectivity index (χ2n) is 4.35. The molecule has 1 aromatic heterocycles. The average molecular weight is 245 g/mol. The molecule has 1 aliphatic rings. The maximum absolute atomic E-state index is 5.35. The summed E-state index contributed by atoms with van der Waals surface area (Å²) in [5.41, 5.74) is 0.862. The van der Waals surface area contributed by atoms with E-state index in [0.717, 1.165) is 30.8 Å². The highest BCUT2D eigenvalue weighted by Crippen LogP contribution is 2.29. The summed E-state index contributed by atoms with van der Waals surface area (Å²) in [6, 6.07) is 7.68. The van der Waals surface area contributed by atoms with Crippen LogP contribution < -0.4 is 10.1 Å². The standard InChI is InChI=1S/C13H15N3O2/c1-17-11-5-3-2-4-10(11)12-15-13(18-16-12)9-6-7-14-8-9/h2-5,9,14H,6-8H2,1H3. The molecular formula is C13H15N3O2. The van der Waals surface area contributed by atoms with Crippen molar-refractivity contribution in [3.05, 3.63) is 30.2 Å². The zero-order valence-electron chi connectivity index (χ0n) is 10.2. The molecule has 1 fully saturated rings. The molecule has 5 heteroatoms. The first-order valence-electron chi connectivity index (χ1n) is 6.06. The number of nitrogens with zero attached hydrogens (tertiary/aromatic N) is 2. The molecule has 0 aliphatic carbocycles. The Morgan fingerprint density at radius 1 is 1.39 bits per heavy atom. The van der Waals surface area contributed by atoms with Gasteiger partial charge in [0.15, 0.2) is 0 Å². The summed E-state index contributed by atoms with van der Waals surface area (Å²) < 4.78 is 10.6. The Labute approximate surface area is 105 Å². The van der Waals surface area contributed by atoms with E-state index >= 15 is 0 Å². The molecule has 0 radical (unpaired) electrons. The molecule has 0 saturated carbocycles. The summed E-state index contributed by atoms with van der Waals surface area (Å²) >= 11 is 0. The van der Waals surface area contributed by atoms with E-state index in [1.807, 2.05) is 24.3 Å². The molecule has 0 amide bonds. The monoisotopic (exact) mass is 245 g/mol. The maximum atomic E-state index is 5.35. The maximum Gasteiger partial charge on any atom is 0.231 e. The molecule has 0 bridgehead atoms. The molecule has 1 unspecified atom stereocenters. The lowest BCUT2D eigenvalue weighted by Gasteiger charge is -2.03. The van der Waals surface area contributed by atoms with Gasteiger partial charge in [-0.1, -0.05) is 17.3 Å². The van der Waals surface area contributed by atoms with Crippen molar-refractivity contribution in [2.75, 3.05) is 20.2 Å². The third kappa shape index (κ3) is 1.97. The Bertz CT molecular complexity index is 533. The average Bonchev–Trinajstić information content (AvgIpc) is 3.09. The van der Waals surface area contributed by atoms with Gasteiger partial charge >= 0.3 is 0 Å². The van der Waals surface area contributed by atoms with Gasteiger partial charge in [0, 0.05) is 6.54 Å². The second kappa shape index (κ2) is 4.78. The third-order valence-corrected chi connectivity index (χ3v) is 3.20. The molecular weight excluding hydrogens is 230 g/mol. The Balaban J connectivity index is 1.92. The molecule has 1 N–H and O–H groups in total. The van der Waals surface area contributed by atoms with E-state index in [1.165, 1.54) is 0 Å². The Kier molecular flexibility index (Phi) is 2.98. The molecule has 5 nitrogen and oxygen atoms in total. The van der Waals surface area contributed by atoms with Gasteiger partial charge in [-0.15, -0.1) is 0 Å². The Morgan fingerprint density at radius 3 is 3.06 bits per heavy atom. The van der Waals surface area contributed by atoms with Gasteiger partial charge in [-0.25, -0.2) is 0 Å². The molecule has 2 heterocycles. The third-order valence-electron chi connectivity index (χ3n) is 3.20. The van der Waals surface area contributed by atoms with E-state index in [0.29, 0.717) is 17.6 Å². The number of nitrogens with one attached hydrogen (secondary N) is 1. The van der Waals surface area contributed by atoms with Gasteiger partial charge in [-0.05, 0) is 25.1 Å². The van der Waals surface area contributed by atoms with Crippen LogP contribution in [0.1, 0.15) is 18.2 Å². The zero-order valence-corrected chi connectivity index (χ0v) is 10.2. The van der Waals surface area contributed by atoms with E-state index in [4.69, 9.17) is 9.26 Å². The van der Waals surface area contributed by atoms with Crippen molar-refractivity contribution in [2.24, 2.45) is 0 Å². The van der Waals surface area contributed by atoms with Crippen molar-refractivity contribution in [1.82, 2.24) is 15.5 Å². The molecule has 1 aromatic carbocycles. The minimum atomic E-state index is 0.334. The van der Waals surface area contributed by atoms with E-state index in [2.05, 4.69) is 15.5 Å². The lowest BCUT2D eigenvalue weighted by Crippen LogP contribution is -2.08. The fourth-order valence-electron chi connectivity index (χ4n) is 2.21. The second-order valence-corrected chi connectivity index (χ2v) is 4.35. The summed E-state index contributed by atoms with van der Waals surface area (Å²) in [6.07, 6.45) is 1.05. The molecule has 1 atom stereocenters. The first kappa shape index (κ1) is 11.2. The molecule has 2 aromatic rings. The first-order valence-corrected chi connectivity index (χ1v) is 6.06. The lowest BCUT2D eigenvalue weighted by molar-refractivity contribution is 0.359. The fraction of sp³-hybridized carbons (Fsp3) is 0.385. The molecule has 3 rings (SSSR count). The molecule has 94 valence electrons. The van der Waals surface area contributed by atoms with E-state index in [-0.39, 0.29) is 0 Å². The predicted octanol–water partition coefficient (Wildman–Crippen LogP) is 1.82. The summed E-state index contributed by atoms with van der Waals surface area (Å²) in [5.74, 6) is 2.39. The first-order chi connectivity index (χ1) is 8.88. The number of methoxy groups -OCH3 is 1. The van der Waals surface area contributed by atoms with Crippen LogP contribution in [0.5, 0.6) is 5.75 Å². The largest absolute Gasteiger partial charge is 0.496 e. The lowest BCUT2D eigenvalue weighted by atomic mass is 10.1. The SMILES string of the molecule is COc1ccccc1-c1noc(C2CCNC2)n1. The van der Waals surface area contributed by atoms with Crippen LogP contribution in [0.2, 0.25) is 0 Å². The van der Waals surface area contributed by atoms with Crippen LogP contribution in [-0.2, 0) is 0 Å². The number of hydrogen-bond donors (Lipinski definition) is 1. The van der Waals surface area contributed by atoms with Crippen LogP contribution >= 0.6 is 0 Å². The van der Waals surface area contributed by atoms with Crippen LogP contribution in [0.15, 0.2) is 28.8 Å². The fourth-order valence-corrected chi connectivity index (χ4v) is 2.21. The van der Waals surface area contributed by atoms with E-state index in [9.17, 15) is 0 Å². The van der Waals surface area contributed by atoms with Gasteiger partial charge in [0.1, 0.15) is 5.75 Å². The van der Waals surface area contributed by atoms with Crippen molar-refractivity contribution in [3.8, 4) is 17.1 Å². The molecule has 1 aliphatic heterocycles. The van der Waals surface area contributed by atoms with Gasteiger partial charge in [0.05, 0.1) is 18.6 Å². The summed E-state index contributed by atoms with van der Waals surface area (Å²) in [5, 5.41) is 7.34. The number of ether oxygens (including phenoxy) is 1. The zero-order chi connectivity index (χ0) is 12.4. The van der Waals surface area contributed by atoms with Crippen molar-refractivity contribution in [1.29, 1.82) is 0 Å². The van der Waals surface area contributed by atoms with E-state index < -0.39 is 0 Å². The highest BCUT2D eigenvalue weighted by molar-refractivity contribution is 5.63. The smallest absolute Gasteiger partial charge is 0.231 e. The summed E-state index contributed by atoms with van der Waals surface area (Å²) in [6.45, 7) is 1.92. The molecule has 18 heavy (non-hydrogen) atoms. The Morgan fingerprint density at radius 2 is 2.28 bits per heavy atom. The normalized spacial score (nSPS) is 19.1. The van der Waals surface area contributed by atoms with Gasteiger partial charge in [-0.3, -0.25) is 0 Å². The number of aromatic nitrogens is 2. The van der Waals surface area contributed by atoms with Gasteiger partial charge in [-0.2, -0.15) is 4.98 Å². The molecule has 0 spiro atoms. The quantitative estimate of drug-likeness (QED) is 0.893. The number of benzene rings is 1. The highest BCUT2D eigenvalue weighted by atomic mass is 16.5. The van der Waals surface area contributed by atoms with Crippen LogP contribution in [-0.4, -0.2) is 30.3 Å². The van der Waals surface area contributed by atoms with Gasteiger partial charge < -0.3 is 14.6 Å². The number of para-hydroxylation sites is 1. The number of hydrogen-bond acceptors (Lipinski definition) is 5. The van der Waals surface area contributed by atoms with Crippen LogP contribution in [0, 0.1) is 0 Å². The summed E-state index contributed by atoms with van der Waals surface area (Å²) in [7, 11) is 1.64. The predicted molar refractivity (Wildman–Crippen MR) is 66.5 cm³/mol. The van der Waals surface area contributed by atoms with Crippen molar-refractivity contribution >= 4 is 0 Å². The van der Waals surface area contributed by atoms with Crippen molar-refractivity contribution < 1.29 is 9.26 Å². The highest BCUT2D eigenvalue weighted by Gasteiger charge is 2.23. The minimum Gasteiger partial charge on any atom is -0.496 e. The van der Waals surface area contributed by atoms with Gasteiger partial charge in [0.25, 0.3) is 0 Å². The summed E-state index contributed by atoms with van der Waals surface area (Å²) in [4.78, 5) is 4.47. The minimum absolute atomic E-state index is 0.334. The molecule has 1 saturated heterocycles. The van der Waals surface area contributed by atoms with Gasteiger partial charge in [0.2, 0.25) is 11.7 Å². The topological polar surface area (TPSA) is 60.2 Å². The van der Waals surface area contributed by atoms with Crippen molar-refractivity contribution in [2.45, 2.75) is 12.3 Å². The number of rotatable bonds is 3. The Hall–Kier alpha value is -1.88.